The van der Waals surface area contributed by atoms with E-state index in [0.29, 0.717) is 23.7 Å². The maximum atomic E-state index is 13.3. The van der Waals surface area contributed by atoms with Crippen LogP contribution in [0.1, 0.15) is 47.1 Å². The molecule has 2 aliphatic rings. The SMILES string of the molecule is Cc1noc2c1[C@H](c1ccc(Cl)cc1)C1=C(C[C@H](c3ccc(O)cc3)CC1=O)N2. The summed E-state index contributed by atoms with van der Waals surface area (Å²) in [6.45, 7) is 1.89. The molecule has 0 saturated heterocycles. The Morgan fingerprint density at radius 1 is 1.07 bits per heavy atom. The first-order valence-electron chi connectivity index (χ1n) is 9.55. The van der Waals surface area contributed by atoms with Crippen molar-refractivity contribution in [3.05, 3.63) is 87.2 Å². The molecule has 0 amide bonds. The number of aryl methyl sites for hydroxylation is 1. The molecule has 2 N–H and O–H groups in total. The van der Waals surface area contributed by atoms with Gasteiger partial charge in [-0.2, -0.15) is 0 Å². The van der Waals surface area contributed by atoms with E-state index in [1.165, 1.54) is 0 Å². The van der Waals surface area contributed by atoms with Gasteiger partial charge in [0.25, 0.3) is 0 Å². The summed E-state index contributed by atoms with van der Waals surface area (Å²) in [4.78, 5) is 13.3. The number of ketones is 1. The number of benzene rings is 2. The van der Waals surface area contributed by atoms with Gasteiger partial charge in [-0.15, -0.1) is 0 Å². The van der Waals surface area contributed by atoms with E-state index >= 15 is 0 Å². The number of nitrogens with zero attached hydrogens (tertiary/aromatic N) is 1. The fraction of sp³-hybridized carbons (Fsp3) is 0.217. The van der Waals surface area contributed by atoms with Crippen molar-refractivity contribution >= 4 is 23.3 Å². The number of Topliss-reactive ketones (excluding diaryl/α,β-unsaturated/α-hetero) is 1. The number of hydrogen-bond acceptors (Lipinski definition) is 5. The van der Waals surface area contributed by atoms with Gasteiger partial charge < -0.3 is 14.9 Å². The lowest BCUT2D eigenvalue weighted by Crippen LogP contribution is -2.29. The van der Waals surface area contributed by atoms with Crippen molar-refractivity contribution in [2.75, 3.05) is 5.32 Å². The van der Waals surface area contributed by atoms with Crippen LogP contribution < -0.4 is 5.32 Å². The van der Waals surface area contributed by atoms with Gasteiger partial charge in [0.15, 0.2) is 5.78 Å². The van der Waals surface area contributed by atoms with Gasteiger partial charge in [-0.05, 0) is 54.7 Å². The summed E-state index contributed by atoms with van der Waals surface area (Å²) in [6, 6.07) is 14.7. The third kappa shape index (κ3) is 3.02. The molecule has 0 fully saturated rings. The number of fused-ring (bicyclic) bond motifs is 1. The van der Waals surface area contributed by atoms with E-state index < -0.39 is 0 Å². The quantitative estimate of drug-likeness (QED) is 0.604. The molecule has 0 saturated carbocycles. The number of aromatic nitrogens is 1. The van der Waals surface area contributed by atoms with Crippen molar-refractivity contribution in [2.45, 2.75) is 31.6 Å². The maximum Gasteiger partial charge on any atom is 0.233 e. The Morgan fingerprint density at radius 2 is 1.76 bits per heavy atom. The lowest BCUT2D eigenvalue weighted by molar-refractivity contribution is -0.116. The molecule has 146 valence electrons. The third-order valence-corrected chi connectivity index (χ3v) is 6.08. The molecule has 3 aromatic rings. The van der Waals surface area contributed by atoms with Gasteiger partial charge in [0.2, 0.25) is 5.88 Å². The minimum Gasteiger partial charge on any atom is -0.508 e. The Balaban J connectivity index is 1.61. The Kier molecular flexibility index (Phi) is 4.21. The highest BCUT2D eigenvalue weighted by atomic mass is 35.5. The Morgan fingerprint density at radius 3 is 2.48 bits per heavy atom. The number of phenolic OH excluding ortho intramolecular Hbond substituents is 1. The average molecular weight is 407 g/mol. The fourth-order valence-corrected chi connectivity index (χ4v) is 4.57. The van der Waals surface area contributed by atoms with Crippen molar-refractivity contribution in [3.8, 4) is 5.75 Å². The summed E-state index contributed by atoms with van der Waals surface area (Å²) >= 11 is 6.09. The molecular formula is C23H19ClN2O3. The monoisotopic (exact) mass is 406 g/mol. The van der Waals surface area contributed by atoms with Crippen LogP contribution in [0.15, 0.2) is 64.3 Å². The molecule has 0 spiro atoms. The number of halogens is 1. The van der Waals surface area contributed by atoms with Gasteiger partial charge in [-0.1, -0.05) is 41.0 Å². The molecular weight excluding hydrogens is 388 g/mol. The first-order valence-corrected chi connectivity index (χ1v) is 9.93. The summed E-state index contributed by atoms with van der Waals surface area (Å²) in [6.07, 6.45) is 1.12. The summed E-state index contributed by atoms with van der Waals surface area (Å²) in [5, 5.41) is 17.7. The molecule has 0 bridgehead atoms. The highest BCUT2D eigenvalue weighted by Gasteiger charge is 2.41. The highest BCUT2D eigenvalue weighted by molar-refractivity contribution is 6.30. The second kappa shape index (κ2) is 6.78. The number of nitrogens with one attached hydrogen (secondary N) is 1. The standard InChI is InChI=1S/C23H19ClN2O3/c1-12-20-21(14-2-6-16(24)7-3-14)22-18(25-23(20)29-26-12)10-15(11-19(22)28)13-4-8-17(27)9-5-13/h2-9,15,21,25,27H,10-11H2,1H3/t15-,21-/m0/s1. The van der Waals surface area contributed by atoms with E-state index in [0.717, 1.165) is 33.7 Å². The molecule has 2 aromatic carbocycles. The van der Waals surface area contributed by atoms with Crippen molar-refractivity contribution in [2.24, 2.45) is 0 Å². The number of allylic oxidation sites excluding steroid dienone is 2. The Hall–Kier alpha value is -3.05. The fourth-order valence-electron chi connectivity index (χ4n) is 4.44. The lowest BCUT2D eigenvalue weighted by atomic mass is 9.72. The number of carbonyl (C=O) groups is 1. The zero-order valence-electron chi connectivity index (χ0n) is 15.8. The van der Waals surface area contributed by atoms with Crippen LogP contribution in [0.2, 0.25) is 5.02 Å². The normalized spacial score (nSPS) is 20.8. The van der Waals surface area contributed by atoms with Crippen LogP contribution in [0.3, 0.4) is 0 Å². The largest absolute Gasteiger partial charge is 0.508 e. The number of carbonyl (C=O) groups excluding carboxylic acids is 1. The average Bonchev–Trinajstić information content (AvgIpc) is 3.08. The third-order valence-electron chi connectivity index (χ3n) is 5.83. The zero-order valence-corrected chi connectivity index (χ0v) is 16.5. The van der Waals surface area contributed by atoms with Crippen molar-refractivity contribution < 1.29 is 14.4 Å². The second-order valence-electron chi connectivity index (χ2n) is 7.63. The van der Waals surface area contributed by atoms with Crippen molar-refractivity contribution in [3.63, 3.8) is 0 Å². The molecule has 6 heteroatoms. The lowest BCUT2D eigenvalue weighted by Gasteiger charge is -2.34. The predicted octanol–water partition coefficient (Wildman–Crippen LogP) is 5.30. The first-order chi connectivity index (χ1) is 14.0. The molecule has 2 heterocycles. The van der Waals surface area contributed by atoms with Gasteiger partial charge >= 0.3 is 0 Å². The summed E-state index contributed by atoms with van der Waals surface area (Å²) < 4.78 is 5.54. The number of hydrogen-bond donors (Lipinski definition) is 2. The molecule has 2 atom stereocenters. The Bertz CT molecular complexity index is 1130. The minimum absolute atomic E-state index is 0.0470. The van der Waals surface area contributed by atoms with E-state index in [1.54, 1.807) is 12.1 Å². The van der Waals surface area contributed by atoms with Gasteiger partial charge in [-0.25, -0.2) is 0 Å². The van der Waals surface area contributed by atoms with Crippen molar-refractivity contribution in [1.82, 2.24) is 5.16 Å². The van der Waals surface area contributed by atoms with Gasteiger partial charge in [0.05, 0.1) is 11.3 Å². The second-order valence-corrected chi connectivity index (χ2v) is 8.07. The highest BCUT2D eigenvalue weighted by Crippen LogP contribution is 2.49. The molecule has 29 heavy (non-hydrogen) atoms. The molecule has 0 radical (unpaired) electrons. The van der Waals surface area contributed by atoms with Crippen LogP contribution in [0, 0.1) is 6.92 Å². The summed E-state index contributed by atoms with van der Waals surface area (Å²) in [7, 11) is 0. The van der Waals surface area contributed by atoms with E-state index in [1.807, 2.05) is 43.3 Å². The van der Waals surface area contributed by atoms with Gasteiger partial charge in [-0.3, -0.25) is 4.79 Å². The van der Waals surface area contributed by atoms with Crippen LogP contribution in [0.25, 0.3) is 0 Å². The predicted molar refractivity (Wildman–Crippen MR) is 110 cm³/mol. The molecule has 1 aromatic heterocycles. The molecule has 5 nitrogen and oxygen atoms in total. The number of rotatable bonds is 2. The summed E-state index contributed by atoms with van der Waals surface area (Å²) in [5.74, 6) is 0.753. The van der Waals surface area contributed by atoms with Crippen LogP contribution in [0.4, 0.5) is 5.88 Å². The van der Waals surface area contributed by atoms with Crippen molar-refractivity contribution in [1.29, 1.82) is 0 Å². The Labute approximate surface area is 173 Å². The maximum absolute atomic E-state index is 13.3. The van der Waals surface area contributed by atoms with E-state index in [4.69, 9.17) is 16.1 Å². The van der Waals surface area contributed by atoms with E-state index in [-0.39, 0.29) is 23.4 Å². The molecule has 1 aliphatic carbocycles. The van der Waals surface area contributed by atoms with Gasteiger partial charge in [0.1, 0.15) is 5.75 Å². The zero-order chi connectivity index (χ0) is 20.1. The van der Waals surface area contributed by atoms with Crippen LogP contribution in [0.5, 0.6) is 5.75 Å². The number of aromatic hydroxyl groups is 1. The van der Waals surface area contributed by atoms with E-state index in [2.05, 4.69) is 10.5 Å². The van der Waals surface area contributed by atoms with Gasteiger partial charge in [0, 0.05) is 28.6 Å². The minimum atomic E-state index is -0.224. The van der Waals surface area contributed by atoms with Crippen LogP contribution >= 0.6 is 11.6 Å². The first kappa shape index (κ1) is 18.0. The summed E-state index contributed by atoms with van der Waals surface area (Å²) in [5.41, 5.74) is 5.36. The molecule has 5 rings (SSSR count). The molecule has 0 unspecified atom stereocenters. The van der Waals surface area contributed by atoms with Crippen LogP contribution in [-0.2, 0) is 4.79 Å². The number of phenols is 1. The topological polar surface area (TPSA) is 75.4 Å². The number of anilines is 1. The molecule has 1 aliphatic heterocycles. The smallest absolute Gasteiger partial charge is 0.233 e. The van der Waals surface area contributed by atoms with Crippen LogP contribution in [-0.4, -0.2) is 16.0 Å². The van der Waals surface area contributed by atoms with E-state index in [9.17, 15) is 9.90 Å².